The maximum atomic E-state index is 12.9. The van der Waals surface area contributed by atoms with E-state index in [0.29, 0.717) is 25.2 Å². The van der Waals surface area contributed by atoms with Crippen LogP contribution in [0.1, 0.15) is 62.5 Å². The first kappa shape index (κ1) is 23.8. The summed E-state index contributed by atoms with van der Waals surface area (Å²) in [6.07, 6.45) is 3.73. The molecule has 4 rings (SSSR count). The molecular formula is C27H32N2O5. The van der Waals surface area contributed by atoms with Gasteiger partial charge in [-0.25, -0.2) is 9.59 Å². The van der Waals surface area contributed by atoms with Gasteiger partial charge >= 0.3 is 12.1 Å². The van der Waals surface area contributed by atoms with Crippen LogP contribution in [0, 0.1) is 5.92 Å². The van der Waals surface area contributed by atoms with E-state index in [1.54, 1.807) is 0 Å². The minimum Gasteiger partial charge on any atom is -0.480 e. The van der Waals surface area contributed by atoms with Crippen LogP contribution in [0.3, 0.4) is 0 Å². The number of unbranched alkanes of at least 4 members (excludes halogenated alkanes) is 1. The Kier molecular flexibility index (Phi) is 7.50. The zero-order valence-electron chi connectivity index (χ0n) is 19.5. The van der Waals surface area contributed by atoms with E-state index in [1.807, 2.05) is 43.3 Å². The van der Waals surface area contributed by atoms with Crippen molar-refractivity contribution in [3.63, 3.8) is 0 Å². The van der Waals surface area contributed by atoms with Crippen molar-refractivity contribution in [2.24, 2.45) is 5.92 Å². The first-order valence-corrected chi connectivity index (χ1v) is 12.1. The SMILES string of the molecule is CCCCC(NC(=O)C(CC1CC1)NC(=O)OCC1c2ccccc2-c2ccccc21)C(=O)O. The number of carbonyl (C=O) groups excluding carboxylic acids is 2. The lowest BCUT2D eigenvalue weighted by Crippen LogP contribution is -2.52. The summed E-state index contributed by atoms with van der Waals surface area (Å²) in [4.78, 5) is 37.1. The number of hydrogen-bond donors (Lipinski definition) is 3. The quantitative estimate of drug-likeness (QED) is 0.456. The Bertz CT molecular complexity index is 1000. The molecule has 2 amide bonds. The lowest BCUT2D eigenvalue weighted by Gasteiger charge is -2.22. The zero-order chi connectivity index (χ0) is 24.1. The number of nitrogens with one attached hydrogen (secondary N) is 2. The van der Waals surface area contributed by atoms with Gasteiger partial charge in [-0.05, 0) is 41.0 Å². The molecule has 0 bridgehead atoms. The van der Waals surface area contributed by atoms with Gasteiger partial charge < -0.3 is 20.5 Å². The third-order valence-corrected chi connectivity index (χ3v) is 6.68. The molecule has 0 aromatic heterocycles. The van der Waals surface area contributed by atoms with E-state index in [9.17, 15) is 19.5 Å². The van der Waals surface area contributed by atoms with Crippen LogP contribution in [-0.4, -0.2) is 41.8 Å². The van der Waals surface area contributed by atoms with Crippen molar-refractivity contribution in [3.05, 3.63) is 59.7 Å². The highest BCUT2D eigenvalue weighted by Crippen LogP contribution is 2.44. The topological polar surface area (TPSA) is 105 Å². The Labute approximate surface area is 199 Å². The van der Waals surface area contributed by atoms with Crippen LogP contribution in [0.2, 0.25) is 0 Å². The summed E-state index contributed by atoms with van der Waals surface area (Å²) in [6.45, 7) is 2.13. The van der Waals surface area contributed by atoms with E-state index in [0.717, 1.165) is 41.5 Å². The molecule has 0 saturated heterocycles. The Morgan fingerprint density at radius 2 is 1.59 bits per heavy atom. The van der Waals surface area contributed by atoms with Gasteiger partial charge in [0.2, 0.25) is 5.91 Å². The van der Waals surface area contributed by atoms with Crippen molar-refractivity contribution in [1.29, 1.82) is 0 Å². The van der Waals surface area contributed by atoms with Crippen LogP contribution in [0.15, 0.2) is 48.5 Å². The normalized spacial score (nSPS) is 16.1. The number of fused-ring (bicyclic) bond motifs is 3. The molecule has 2 aromatic rings. The number of rotatable bonds is 11. The molecule has 0 heterocycles. The molecular weight excluding hydrogens is 432 g/mol. The summed E-state index contributed by atoms with van der Waals surface area (Å²) in [7, 11) is 0. The molecule has 2 aliphatic carbocycles. The van der Waals surface area contributed by atoms with Gasteiger partial charge in [-0.15, -0.1) is 0 Å². The van der Waals surface area contributed by atoms with Crippen molar-refractivity contribution in [2.75, 3.05) is 6.61 Å². The summed E-state index contributed by atoms with van der Waals surface area (Å²) in [5, 5.41) is 14.7. The van der Waals surface area contributed by atoms with Crippen LogP contribution < -0.4 is 10.6 Å². The van der Waals surface area contributed by atoms with Crippen molar-refractivity contribution in [1.82, 2.24) is 10.6 Å². The maximum absolute atomic E-state index is 12.9. The summed E-state index contributed by atoms with van der Waals surface area (Å²) >= 11 is 0. The Hall–Kier alpha value is -3.35. The molecule has 7 nitrogen and oxygen atoms in total. The second-order valence-electron chi connectivity index (χ2n) is 9.24. The molecule has 2 atom stereocenters. The van der Waals surface area contributed by atoms with E-state index >= 15 is 0 Å². The monoisotopic (exact) mass is 464 g/mol. The van der Waals surface area contributed by atoms with Crippen LogP contribution in [0.25, 0.3) is 11.1 Å². The Morgan fingerprint density at radius 1 is 0.971 bits per heavy atom. The number of alkyl carbamates (subject to hydrolysis) is 1. The molecule has 3 N–H and O–H groups in total. The van der Waals surface area contributed by atoms with E-state index in [1.165, 1.54) is 0 Å². The van der Waals surface area contributed by atoms with E-state index in [-0.39, 0.29) is 12.5 Å². The molecule has 1 fully saturated rings. The number of carboxylic acid groups (broad SMARTS) is 1. The molecule has 0 radical (unpaired) electrons. The fourth-order valence-corrected chi connectivity index (χ4v) is 4.64. The van der Waals surface area contributed by atoms with Crippen LogP contribution in [-0.2, 0) is 14.3 Å². The molecule has 0 spiro atoms. The second-order valence-corrected chi connectivity index (χ2v) is 9.24. The summed E-state index contributed by atoms with van der Waals surface area (Å²) in [5.41, 5.74) is 4.52. The van der Waals surface area contributed by atoms with Crippen molar-refractivity contribution < 1.29 is 24.2 Å². The summed E-state index contributed by atoms with van der Waals surface area (Å²) < 4.78 is 5.59. The minimum atomic E-state index is -1.06. The zero-order valence-corrected chi connectivity index (χ0v) is 19.5. The molecule has 180 valence electrons. The third-order valence-electron chi connectivity index (χ3n) is 6.68. The van der Waals surface area contributed by atoms with Gasteiger partial charge in [-0.1, -0.05) is 81.1 Å². The molecule has 2 unspecified atom stereocenters. The fourth-order valence-electron chi connectivity index (χ4n) is 4.64. The van der Waals surface area contributed by atoms with E-state index in [4.69, 9.17) is 4.74 Å². The number of hydrogen-bond acceptors (Lipinski definition) is 4. The largest absolute Gasteiger partial charge is 0.480 e. The molecule has 7 heteroatoms. The van der Waals surface area contributed by atoms with Gasteiger partial charge in [0.25, 0.3) is 0 Å². The van der Waals surface area contributed by atoms with Gasteiger partial charge in [-0.2, -0.15) is 0 Å². The first-order chi connectivity index (χ1) is 16.5. The van der Waals surface area contributed by atoms with Crippen molar-refractivity contribution in [2.45, 2.75) is 63.5 Å². The molecule has 1 saturated carbocycles. The number of carboxylic acids is 1. The van der Waals surface area contributed by atoms with Gasteiger partial charge in [0, 0.05) is 5.92 Å². The molecule has 2 aliphatic rings. The third kappa shape index (κ3) is 5.58. The Morgan fingerprint density at radius 3 is 2.15 bits per heavy atom. The lowest BCUT2D eigenvalue weighted by atomic mass is 9.98. The second kappa shape index (κ2) is 10.7. The Balaban J connectivity index is 1.39. The van der Waals surface area contributed by atoms with E-state index < -0.39 is 30.1 Å². The van der Waals surface area contributed by atoms with Gasteiger partial charge in [-0.3, -0.25) is 4.79 Å². The predicted octanol–water partition coefficient (Wildman–Crippen LogP) is 4.45. The number of aliphatic carboxylic acids is 1. The van der Waals surface area contributed by atoms with Crippen LogP contribution in [0.5, 0.6) is 0 Å². The lowest BCUT2D eigenvalue weighted by molar-refractivity contribution is -0.142. The van der Waals surface area contributed by atoms with Crippen molar-refractivity contribution >= 4 is 18.0 Å². The number of carbonyl (C=O) groups is 3. The predicted molar refractivity (Wildman–Crippen MR) is 128 cm³/mol. The smallest absolute Gasteiger partial charge is 0.407 e. The minimum absolute atomic E-state index is 0.0701. The van der Waals surface area contributed by atoms with Gasteiger partial charge in [0.15, 0.2) is 0 Å². The number of ether oxygens (including phenoxy) is 1. The number of benzene rings is 2. The first-order valence-electron chi connectivity index (χ1n) is 12.1. The standard InChI is InChI=1S/C27H32N2O5/c1-2-3-12-23(26(31)32)28-25(30)24(15-17-13-14-17)29-27(33)34-16-22-20-10-6-4-8-18(20)19-9-5-7-11-21(19)22/h4-11,17,22-24H,2-3,12-16H2,1H3,(H,28,30)(H,29,33)(H,31,32). The highest BCUT2D eigenvalue weighted by Gasteiger charge is 2.33. The average Bonchev–Trinajstić information content (AvgIpc) is 3.60. The maximum Gasteiger partial charge on any atom is 0.407 e. The number of amides is 2. The fraction of sp³-hybridized carbons (Fsp3) is 0.444. The van der Waals surface area contributed by atoms with Crippen LogP contribution >= 0.6 is 0 Å². The molecule has 34 heavy (non-hydrogen) atoms. The molecule has 0 aliphatic heterocycles. The van der Waals surface area contributed by atoms with Gasteiger partial charge in [0.1, 0.15) is 18.7 Å². The van der Waals surface area contributed by atoms with Gasteiger partial charge in [0.05, 0.1) is 0 Å². The highest BCUT2D eigenvalue weighted by molar-refractivity contribution is 5.89. The van der Waals surface area contributed by atoms with Crippen molar-refractivity contribution in [3.8, 4) is 11.1 Å². The van der Waals surface area contributed by atoms with Crippen LogP contribution in [0.4, 0.5) is 4.79 Å². The average molecular weight is 465 g/mol. The summed E-state index contributed by atoms with van der Waals surface area (Å²) in [5.74, 6) is -1.24. The van der Waals surface area contributed by atoms with E-state index in [2.05, 4.69) is 22.8 Å². The summed E-state index contributed by atoms with van der Waals surface area (Å²) in [6, 6.07) is 14.4. The molecule has 2 aromatic carbocycles. The highest BCUT2D eigenvalue weighted by atomic mass is 16.5.